The minimum atomic E-state index is -0.342. The van der Waals surface area contributed by atoms with Crippen LogP contribution in [-0.4, -0.2) is 31.2 Å². The molecule has 0 saturated carbocycles. The van der Waals surface area contributed by atoms with Crippen molar-refractivity contribution in [1.82, 2.24) is 10.3 Å². The maximum absolute atomic E-state index is 14.0. The Bertz CT molecular complexity index is 764. The Kier molecular flexibility index (Phi) is 4.77. The van der Waals surface area contributed by atoms with Crippen molar-refractivity contribution in [2.75, 3.05) is 31.1 Å². The lowest BCUT2D eigenvalue weighted by molar-refractivity contribution is 0.170. The van der Waals surface area contributed by atoms with Crippen molar-refractivity contribution in [1.29, 1.82) is 0 Å². The van der Waals surface area contributed by atoms with Crippen molar-refractivity contribution >= 4 is 17.4 Å². The van der Waals surface area contributed by atoms with Gasteiger partial charge in [0.2, 0.25) is 0 Å². The van der Waals surface area contributed by atoms with Crippen LogP contribution in [0.2, 0.25) is 5.02 Å². The number of fused-ring (bicyclic) bond motifs is 1. The van der Waals surface area contributed by atoms with Crippen LogP contribution in [0.1, 0.15) is 30.2 Å². The van der Waals surface area contributed by atoms with Gasteiger partial charge in [0, 0.05) is 26.2 Å². The number of hydrogen-bond acceptors (Lipinski definition) is 4. The van der Waals surface area contributed by atoms with Crippen LogP contribution in [-0.2, 0) is 6.42 Å². The van der Waals surface area contributed by atoms with Gasteiger partial charge in [-0.05, 0) is 43.0 Å². The second kappa shape index (κ2) is 7.18. The fourth-order valence-electron chi connectivity index (χ4n) is 3.53. The van der Waals surface area contributed by atoms with Crippen LogP contribution < -0.4 is 15.0 Å². The molecule has 132 valence electrons. The highest BCUT2D eigenvalue weighted by Crippen LogP contribution is 2.37. The number of piperazine rings is 1. The van der Waals surface area contributed by atoms with E-state index in [0.717, 1.165) is 62.5 Å². The van der Waals surface area contributed by atoms with Crippen LogP contribution in [0.4, 0.5) is 10.2 Å². The first-order valence-electron chi connectivity index (χ1n) is 8.78. The third-order valence-corrected chi connectivity index (χ3v) is 5.09. The quantitative estimate of drug-likeness (QED) is 0.903. The van der Waals surface area contributed by atoms with E-state index in [0.29, 0.717) is 5.02 Å². The van der Waals surface area contributed by atoms with Gasteiger partial charge in [0.25, 0.3) is 0 Å². The normalized spacial score (nSPS) is 20.2. The number of aromatic nitrogens is 1. The number of para-hydroxylation sites is 1. The molecule has 0 spiro atoms. The summed E-state index contributed by atoms with van der Waals surface area (Å²) in [6.07, 6.45) is 2.51. The summed E-state index contributed by atoms with van der Waals surface area (Å²) < 4.78 is 20.0. The van der Waals surface area contributed by atoms with Crippen LogP contribution >= 0.6 is 11.6 Å². The molecule has 4 rings (SSSR count). The van der Waals surface area contributed by atoms with Gasteiger partial charge in [-0.3, -0.25) is 0 Å². The van der Waals surface area contributed by atoms with Crippen molar-refractivity contribution in [3.8, 4) is 5.75 Å². The maximum Gasteiger partial charge on any atom is 0.165 e. The largest absolute Gasteiger partial charge is 0.481 e. The van der Waals surface area contributed by atoms with Gasteiger partial charge in [-0.25, -0.2) is 9.37 Å². The van der Waals surface area contributed by atoms with E-state index in [9.17, 15) is 4.39 Å². The van der Waals surface area contributed by atoms with E-state index < -0.39 is 0 Å². The highest BCUT2D eigenvalue weighted by molar-refractivity contribution is 6.33. The molecule has 0 radical (unpaired) electrons. The number of nitrogens with zero attached hydrogens (tertiary/aromatic N) is 2. The average molecular weight is 362 g/mol. The highest BCUT2D eigenvalue weighted by Gasteiger charge is 2.27. The molecule has 1 atom stereocenters. The van der Waals surface area contributed by atoms with Crippen molar-refractivity contribution < 1.29 is 9.13 Å². The second-order valence-corrected chi connectivity index (χ2v) is 6.91. The standard InChI is InChI=1S/C19H21ClFN3O/c20-14-12-13-4-3-7-17(25-16-6-2-1-5-15(16)21)18(13)23-19(14)24-10-8-22-9-11-24/h1-2,5-6,12,17,22H,3-4,7-11H2. The summed E-state index contributed by atoms with van der Waals surface area (Å²) in [7, 11) is 0. The number of nitrogens with one attached hydrogen (secondary N) is 1. The average Bonchev–Trinajstić information content (AvgIpc) is 2.64. The molecule has 0 bridgehead atoms. The second-order valence-electron chi connectivity index (χ2n) is 6.50. The van der Waals surface area contributed by atoms with Crippen LogP contribution in [0.5, 0.6) is 5.75 Å². The fraction of sp³-hybridized carbons (Fsp3) is 0.421. The number of ether oxygens (including phenoxy) is 1. The molecule has 0 amide bonds. The maximum atomic E-state index is 14.0. The Balaban J connectivity index is 1.66. The first-order chi connectivity index (χ1) is 12.2. The van der Waals surface area contributed by atoms with Crippen molar-refractivity contribution in [2.24, 2.45) is 0 Å². The Labute approximate surface area is 152 Å². The molecule has 1 N–H and O–H groups in total. The summed E-state index contributed by atoms with van der Waals surface area (Å²) >= 11 is 6.50. The molecule has 1 fully saturated rings. The van der Waals surface area contributed by atoms with Crippen molar-refractivity contribution in [3.05, 3.63) is 52.4 Å². The zero-order valence-corrected chi connectivity index (χ0v) is 14.7. The lowest BCUT2D eigenvalue weighted by atomic mass is 9.93. The van der Waals surface area contributed by atoms with E-state index in [1.165, 1.54) is 6.07 Å². The predicted octanol–water partition coefficient (Wildman–Crippen LogP) is 3.74. The summed E-state index contributed by atoms with van der Waals surface area (Å²) in [4.78, 5) is 7.06. The molecule has 25 heavy (non-hydrogen) atoms. The molecule has 1 aliphatic carbocycles. The first kappa shape index (κ1) is 16.6. The molecule has 1 aliphatic heterocycles. The van der Waals surface area contributed by atoms with Crippen LogP contribution in [0.25, 0.3) is 0 Å². The van der Waals surface area contributed by atoms with Gasteiger partial charge in [-0.15, -0.1) is 0 Å². The van der Waals surface area contributed by atoms with Crippen LogP contribution in [0.3, 0.4) is 0 Å². The first-order valence-corrected chi connectivity index (χ1v) is 9.16. The predicted molar refractivity (Wildman–Crippen MR) is 97.0 cm³/mol. The molecular formula is C19H21ClFN3O. The Morgan fingerprint density at radius 1 is 1.24 bits per heavy atom. The zero-order chi connectivity index (χ0) is 17.2. The third kappa shape index (κ3) is 3.44. The summed E-state index contributed by atoms with van der Waals surface area (Å²) in [5.74, 6) is 0.748. The van der Waals surface area contributed by atoms with E-state index >= 15 is 0 Å². The Morgan fingerprint density at radius 2 is 2.04 bits per heavy atom. The van der Waals surface area contributed by atoms with Gasteiger partial charge in [0.1, 0.15) is 11.9 Å². The minimum absolute atomic E-state index is 0.236. The summed E-state index contributed by atoms with van der Waals surface area (Å²) in [6.45, 7) is 3.60. The van der Waals surface area contributed by atoms with Crippen LogP contribution in [0.15, 0.2) is 30.3 Å². The van der Waals surface area contributed by atoms with Crippen molar-refractivity contribution in [2.45, 2.75) is 25.4 Å². The van der Waals surface area contributed by atoms with E-state index in [1.807, 2.05) is 6.07 Å². The number of aryl methyl sites for hydroxylation is 1. The van der Waals surface area contributed by atoms with Gasteiger partial charge in [-0.2, -0.15) is 0 Å². The number of rotatable bonds is 3. The SMILES string of the molecule is Fc1ccccc1OC1CCCc2cc(Cl)c(N3CCNCC3)nc21. The van der Waals surface area contributed by atoms with Gasteiger partial charge < -0.3 is 15.0 Å². The topological polar surface area (TPSA) is 37.4 Å². The summed E-state index contributed by atoms with van der Waals surface area (Å²) in [5.41, 5.74) is 2.00. The van der Waals surface area contributed by atoms with E-state index in [1.54, 1.807) is 18.2 Å². The van der Waals surface area contributed by atoms with Gasteiger partial charge in [0.15, 0.2) is 11.6 Å². The smallest absolute Gasteiger partial charge is 0.165 e. The monoisotopic (exact) mass is 361 g/mol. The lowest BCUT2D eigenvalue weighted by Crippen LogP contribution is -2.44. The van der Waals surface area contributed by atoms with Crippen LogP contribution in [0, 0.1) is 5.82 Å². The van der Waals surface area contributed by atoms with Gasteiger partial charge in [-0.1, -0.05) is 23.7 Å². The molecule has 1 saturated heterocycles. The molecule has 1 unspecified atom stereocenters. The van der Waals surface area contributed by atoms with Gasteiger partial charge in [0.05, 0.1) is 10.7 Å². The molecule has 6 heteroatoms. The Morgan fingerprint density at radius 3 is 2.84 bits per heavy atom. The molecule has 2 aliphatic rings. The molecular weight excluding hydrogens is 341 g/mol. The number of anilines is 1. The number of pyridine rings is 1. The molecule has 1 aromatic heterocycles. The highest BCUT2D eigenvalue weighted by atomic mass is 35.5. The number of hydrogen-bond donors (Lipinski definition) is 1. The Hall–Kier alpha value is -1.85. The number of benzene rings is 1. The third-order valence-electron chi connectivity index (χ3n) is 4.81. The summed E-state index contributed by atoms with van der Waals surface area (Å²) in [6, 6.07) is 8.54. The summed E-state index contributed by atoms with van der Waals surface area (Å²) in [5, 5.41) is 4.02. The molecule has 2 heterocycles. The van der Waals surface area contributed by atoms with E-state index in [-0.39, 0.29) is 17.7 Å². The lowest BCUT2D eigenvalue weighted by Gasteiger charge is -2.32. The molecule has 2 aromatic rings. The zero-order valence-electron chi connectivity index (χ0n) is 14.0. The minimum Gasteiger partial charge on any atom is -0.481 e. The van der Waals surface area contributed by atoms with Gasteiger partial charge >= 0.3 is 0 Å². The molecule has 4 nitrogen and oxygen atoms in total. The van der Waals surface area contributed by atoms with E-state index in [4.69, 9.17) is 21.3 Å². The fourth-order valence-corrected chi connectivity index (χ4v) is 3.82. The molecule has 1 aromatic carbocycles. The van der Waals surface area contributed by atoms with E-state index in [2.05, 4.69) is 10.2 Å². The number of halogens is 2. The van der Waals surface area contributed by atoms with Crippen molar-refractivity contribution in [3.63, 3.8) is 0 Å².